The molecule has 1 aliphatic rings. The van der Waals surface area contributed by atoms with Crippen LogP contribution in [0.4, 0.5) is 10.5 Å². The van der Waals surface area contributed by atoms with Crippen LogP contribution in [0.1, 0.15) is 55.6 Å². The molecule has 2 amide bonds. The molecule has 2 aromatic carbocycles. The Kier molecular flexibility index (Phi) is 9.72. The summed E-state index contributed by atoms with van der Waals surface area (Å²) in [4.78, 5) is 27.4. The van der Waals surface area contributed by atoms with Crippen molar-refractivity contribution in [2.75, 3.05) is 24.6 Å². The second-order valence-corrected chi connectivity index (χ2v) is 13.8. The minimum atomic E-state index is -3.49. The average Bonchev–Trinajstić information content (AvgIpc) is 3.24. The number of ether oxygens (including phenoxy) is 1. The highest BCUT2D eigenvalue weighted by Gasteiger charge is 2.27. The van der Waals surface area contributed by atoms with Crippen LogP contribution in [-0.4, -0.2) is 55.8 Å². The van der Waals surface area contributed by atoms with Crippen molar-refractivity contribution in [2.24, 2.45) is 0 Å². The Morgan fingerprint density at radius 2 is 1.92 bits per heavy atom. The van der Waals surface area contributed by atoms with Gasteiger partial charge in [-0.1, -0.05) is 34.5 Å². The van der Waals surface area contributed by atoms with E-state index in [9.17, 15) is 18.0 Å². The van der Waals surface area contributed by atoms with E-state index < -0.39 is 27.4 Å². The number of benzene rings is 2. The first-order valence-corrected chi connectivity index (χ1v) is 15.1. The topological polar surface area (TPSA) is 131 Å². The number of carbonyl (C=O) groups excluding carboxylic acids is 2. The van der Waals surface area contributed by atoms with Crippen molar-refractivity contribution in [1.29, 1.82) is 0 Å². The van der Waals surface area contributed by atoms with E-state index in [1.54, 1.807) is 19.1 Å². The predicted octanol–water partition coefficient (Wildman–Crippen LogP) is 4.51. The number of carbonyl (C=O) groups is 2. The van der Waals surface area contributed by atoms with E-state index in [-0.39, 0.29) is 28.8 Å². The van der Waals surface area contributed by atoms with Crippen LogP contribution in [0.25, 0.3) is 0 Å². The number of nitrogens with zero attached hydrogens (tertiary/aromatic N) is 1. The van der Waals surface area contributed by atoms with Gasteiger partial charge in [-0.3, -0.25) is 9.69 Å². The molecule has 0 aromatic heterocycles. The number of hydrogen-bond donors (Lipinski definition) is 3. The van der Waals surface area contributed by atoms with Crippen LogP contribution in [0.3, 0.4) is 0 Å². The molecule has 12 heteroatoms. The molecule has 1 aliphatic heterocycles. The Morgan fingerprint density at radius 1 is 1.21 bits per heavy atom. The average molecular weight is 630 g/mol. The number of nitrogens with one attached hydrogen (secondary N) is 2. The lowest BCUT2D eigenvalue weighted by atomic mass is 10.1. The summed E-state index contributed by atoms with van der Waals surface area (Å²) in [5.41, 5.74) is 7.57. The standard InChI is InChI=1S/C26H34BrClN4O5S/c1-5-38(35,36)23-7-6-18(28)10-16(23)13-30-24(33)20-12-21(27)17(11-22(20)29)14-32-9-8-19(15-32)31-25(34)37-26(2,3)4/h6-7,10-12,19H,5,8-9,13-15,29H2,1-4H3,(H,30,33)(H,31,34). The van der Waals surface area contributed by atoms with Crippen molar-refractivity contribution in [3.05, 3.63) is 56.5 Å². The van der Waals surface area contributed by atoms with Crippen LogP contribution >= 0.6 is 27.5 Å². The summed E-state index contributed by atoms with van der Waals surface area (Å²) in [5, 5.41) is 6.04. The molecule has 9 nitrogen and oxygen atoms in total. The first kappa shape index (κ1) is 30.2. The molecule has 0 bridgehead atoms. The molecular formula is C26H34BrClN4O5S. The Bertz CT molecular complexity index is 1310. The summed E-state index contributed by atoms with van der Waals surface area (Å²) in [6.07, 6.45) is 0.369. The monoisotopic (exact) mass is 628 g/mol. The van der Waals surface area contributed by atoms with Gasteiger partial charge < -0.3 is 21.1 Å². The Labute approximate surface area is 237 Å². The number of nitrogen functional groups attached to an aromatic ring is 1. The Morgan fingerprint density at radius 3 is 2.58 bits per heavy atom. The first-order chi connectivity index (χ1) is 17.7. The predicted molar refractivity (Wildman–Crippen MR) is 152 cm³/mol. The highest BCUT2D eigenvalue weighted by molar-refractivity contribution is 9.10. The van der Waals surface area contributed by atoms with Crippen molar-refractivity contribution in [3.8, 4) is 0 Å². The van der Waals surface area contributed by atoms with Gasteiger partial charge in [0.25, 0.3) is 5.91 Å². The number of halogens is 2. The van der Waals surface area contributed by atoms with E-state index in [0.717, 1.165) is 23.0 Å². The fraction of sp³-hybridized carbons (Fsp3) is 0.462. The van der Waals surface area contributed by atoms with Gasteiger partial charge in [0.15, 0.2) is 9.84 Å². The largest absolute Gasteiger partial charge is 0.444 e. The summed E-state index contributed by atoms with van der Waals surface area (Å²) in [6, 6.07) is 7.90. The van der Waals surface area contributed by atoms with Gasteiger partial charge in [0.05, 0.1) is 16.2 Å². The fourth-order valence-electron chi connectivity index (χ4n) is 4.18. The molecule has 38 heavy (non-hydrogen) atoms. The highest BCUT2D eigenvalue weighted by Crippen LogP contribution is 2.27. The third-order valence-corrected chi connectivity index (χ3v) is 8.83. The van der Waals surface area contributed by atoms with E-state index in [0.29, 0.717) is 29.4 Å². The number of nitrogens with two attached hydrogens (primary N) is 1. The lowest BCUT2D eigenvalue weighted by Crippen LogP contribution is -2.40. The molecule has 1 saturated heterocycles. The van der Waals surface area contributed by atoms with Gasteiger partial charge in [0, 0.05) is 47.4 Å². The molecule has 0 radical (unpaired) electrons. The van der Waals surface area contributed by atoms with Crippen LogP contribution in [0.5, 0.6) is 0 Å². The Hall–Kier alpha value is -2.34. The quantitative estimate of drug-likeness (QED) is 0.366. The van der Waals surface area contributed by atoms with E-state index in [1.165, 1.54) is 18.2 Å². The number of rotatable bonds is 8. The number of amides is 2. The molecule has 0 aliphatic carbocycles. The van der Waals surface area contributed by atoms with Gasteiger partial charge in [-0.25, -0.2) is 13.2 Å². The van der Waals surface area contributed by atoms with Crippen LogP contribution in [0, 0.1) is 0 Å². The van der Waals surface area contributed by atoms with Crippen molar-refractivity contribution >= 4 is 55.1 Å². The molecular weight excluding hydrogens is 596 g/mol. The van der Waals surface area contributed by atoms with Crippen molar-refractivity contribution in [2.45, 2.75) is 63.7 Å². The zero-order valence-electron chi connectivity index (χ0n) is 21.9. The minimum Gasteiger partial charge on any atom is -0.444 e. The molecule has 0 spiro atoms. The third kappa shape index (κ3) is 8.08. The summed E-state index contributed by atoms with van der Waals surface area (Å²) in [6.45, 7) is 9.05. The first-order valence-electron chi connectivity index (χ1n) is 12.3. The van der Waals surface area contributed by atoms with Crippen LogP contribution in [0.2, 0.25) is 5.02 Å². The molecule has 1 atom stereocenters. The van der Waals surface area contributed by atoms with Crippen molar-refractivity contribution < 1.29 is 22.7 Å². The Balaban J connectivity index is 1.64. The van der Waals surface area contributed by atoms with E-state index in [2.05, 4.69) is 31.5 Å². The number of sulfone groups is 1. The molecule has 3 rings (SSSR count). The van der Waals surface area contributed by atoms with Crippen molar-refractivity contribution in [1.82, 2.24) is 15.5 Å². The van der Waals surface area contributed by atoms with Crippen LogP contribution < -0.4 is 16.4 Å². The van der Waals surface area contributed by atoms with E-state index >= 15 is 0 Å². The normalized spacial score (nSPS) is 16.3. The molecule has 1 fully saturated rings. The second-order valence-electron chi connectivity index (χ2n) is 10.2. The molecule has 1 unspecified atom stereocenters. The summed E-state index contributed by atoms with van der Waals surface area (Å²) in [5.74, 6) is -0.497. The van der Waals surface area contributed by atoms with E-state index in [1.807, 2.05) is 20.8 Å². The minimum absolute atomic E-state index is 0.0149. The molecule has 2 aromatic rings. The van der Waals surface area contributed by atoms with Gasteiger partial charge in [-0.15, -0.1) is 0 Å². The molecule has 0 saturated carbocycles. The van der Waals surface area contributed by atoms with Gasteiger partial charge >= 0.3 is 6.09 Å². The van der Waals surface area contributed by atoms with Gasteiger partial charge in [0.1, 0.15) is 5.60 Å². The third-order valence-electron chi connectivity index (χ3n) is 6.03. The highest BCUT2D eigenvalue weighted by atomic mass is 79.9. The lowest BCUT2D eigenvalue weighted by Gasteiger charge is -2.22. The maximum absolute atomic E-state index is 13.0. The zero-order valence-corrected chi connectivity index (χ0v) is 25.1. The second kappa shape index (κ2) is 12.2. The zero-order chi connectivity index (χ0) is 28.3. The summed E-state index contributed by atoms with van der Waals surface area (Å²) < 4.78 is 30.9. The molecule has 208 valence electrons. The van der Waals surface area contributed by atoms with Gasteiger partial charge in [-0.05, 0) is 68.7 Å². The van der Waals surface area contributed by atoms with E-state index in [4.69, 9.17) is 22.1 Å². The molecule has 1 heterocycles. The maximum atomic E-state index is 13.0. The summed E-state index contributed by atoms with van der Waals surface area (Å²) >= 11 is 9.62. The van der Waals surface area contributed by atoms with Gasteiger partial charge in [0.2, 0.25) is 0 Å². The summed E-state index contributed by atoms with van der Waals surface area (Å²) in [7, 11) is -3.49. The van der Waals surface area contributed by atoms with Crippen LogP contribution in [0.15, 0.2) is 39.7 Å². The van der Waals surface area contributed by atoms with Gasteiger partial charge in [-0.2, -0.15) is 0 Å². The number of anilines is 1. The SMILES string of the molecule is CCS(=O)(=O)c1ccc(Cl)cc1CNC(=O)c1cc(Br)c(CN2CCC(NC(=O)OC(C)(C)C)C2)cc1N. The lowest BCUT2D eigenvalue weighted by molar-refractivity contribution is 0.0505. The maximum Gasteiger partial charge on any atom is 0.407 e. The number of alkyl carbamates (subject to hydrolysis) is 1. The van der Waals surface area contributed by atoms with Crippen molar-refractivity contribution in [3.63, 3.8) is 0 Å². The van der Waals surface area contributed by atoms with Crippen LogP contribution in [-0.2, 0) is 27.7 Å². The smallest absolute Gasteiger partial charge is 0.407 e. The number of likely N-dealkylation sites (tertiary alicyclic amines) is 1. The molecule has 4 N–H and O–H groups in total. The number of hydrogen-bond acceptors (Lipinski definition) is 7. The fourth-order valence-corrected chi connectivity index (χ4v) is 5.96.